The molecule has 132 valence electrons. The molecule has 2 rings (SSSR count). The number of rotatable bonds is 6. The molecular formula is C19H21ClN2O2S. The second-order valence-corrected chi connectivity index (χ2v) is 7.27. The van der Waals surface area contributed by atoms with Crippen molar-refractivity contribution >= 4 is 46.6 Å². The molecule has 0 aliphatic heterocycles. The molecule has 0 aliphatic rings. The minimum absolute atomic E-state index is 0.122. The summed E-state index contributed by atoms with van der Waals surface area (Å²) in [7, 11) is 0. The first kappa shape index (κ1) is 19.3. The molecule has 0 aromatic heterocycles. The monoisotopic (exact) mass is 376 g/mol. The van der Waals surface area contributed by atoms with Crippen LogP contribution in [0.2, 0.25) is 5.02 Å². The molecule has 0 fully saturated rings. The van der Waals surface area contributed by atoms with E-state index in [4.69, 9.17) is 11.6 Å². The maximum Gasteiger partial charge on any atom is 0.234 e. The van der Waals surface area contributed by atoms with Crippen LogP contribution in [0.4, 0.5) is 11.4 Å². The first-order valence-electron chi connectivity index (χ1n) is 7.86. The van der Waals surface area contributed by atoms with Crippen LogP contribution in [0, 0.1) is 20.8 Å². The zero-order chi connectivity index (χ0) is 18.4. The van der Waals surface area contributed by atoms with E-state index in [1.165, 1.54) is 17.3 Å². The van der Waals surface area contributed by atoms with Gasteiger partial charge >= 0.3 is 0 Å². The highest BCUT2D eigenvalue weighted by molar-refractivity contribution is 8.00. The number of nitrogens with one attached hydrogen (secondary N) is 2. The number of benzene rings is 2. The normalized spacial score (nSPS) is 10.4. The van der Waals surface area contributed by atoms with Gasteiger partial charge in [0.15, 0.2) is 0 Å². The van der Waals surface area contributed by atoms with Crippen molar-refractivity contribution in [1.29, 1.82) is 0 Å². The number of aryl methyl sites for hydroxylation is 3. The molecule has 0 saturated heterocycles. The Kier molecular flexibility index (Phi) is 6.91. The molecule has 2 aromatic rings. The third-order valence-corrected chi connectivity index (χ3v) is 4.89. The highest BCUT2D eigenvalue weighted by Gasteiger charge is 2.08. The second-order valence-electron chi connectivity index (χ2n) is 5.85. The van der Waals surface area contributed by atoms with E-state index in [-0.39, 0.29) is 23.3 Å². The van der Waals surface area contributed by atoms with E-state index < -0.39 is 0 Å². The number of amides is 2. The Morgan fingerprint density at radius 1 is 0.880 bits per heavy atom. The average Bonchev–Trinajstić information content (AvgIpc) is 2.54. The van der Waals surface area contributed by atoms with Crippen molar-refractivity contribution in [1.82, 2.24) is 0 Å². The summed E-state index contributed by atoms with van der Waals surface area (Å²) < 4.78 is 0. The van der Waals surface area contributed by atoms with Crippen LogP contribution in [0.25, 0.3) is 0 Å². The van der Waals surface area contributed by atoms with E-state index in [1.807, 2.05) is 39.0 Å². The van der Waals surface area contributed by atoms with Crippen LogP contribution in [0.1, 0.15) is 16.7 Å². The Balaban J connectivity index is 1.76. The first-order valence-corrected chi connectivity index (χ1v) is 9.39. The van der Waals surface area contributed by atoms with Crippen LogP contribution in [0.15, 0.2) is 36.4 Å². The number of hydrogen-bond acceptors (Lipinski definition) is 3. The summed E-state index contributed by atoms with van der Waals surface area (Å²) >= 11 is 7.17. The van der Waals surface area contributed by atoms with Gasteiger partial charge in [-0.25, -0.2) is 0 Å². The fraction of sp³-hybridized carbons (Fsp3) is 0.263. The van der Waals surface area contributed by atoms with Crippen molar-refractivity contribution in [2.45, 2.75) is 20.8 Å². The molecule has 0 unspecified atom stereocenters. The molecule has 0 bridgehead atoms. The van der Waals surface area contributed by atoms with Crippen molar-refractivity contribution in [2.75, 3.05) is 22.1 Å². The predicted molar refractivity (Wildman–Crippen MR) is 107 cm³/mol. The molecule has 0 saturated carbocycles. The van der Waals surface area contributed by atoms with Gasteiger partial charge in [-0.3, -0.25) is 9.59 Å². The number of carbonyl (C=O) groups excluding carboxylic acids is 2. The fourth-order valence-corrected chi connectivity index (χ4v) is 3.05. The summed E-state index contributed by atoms with van der Waals surface area (Å²) in [6.07, 6.45) is 0. The summed E-state index contributed by atoms with van der Waals surface area (Å²) in [6, 6.07) is 11.1. The Bertz CT molecular complexity index is 793. The molecule has 0 heterocycles. The summed E-state index contributed by atoms with van der Waals surface area (Å²) in [6.45, 7) is 5.91. The van der Waals surface area contributed by atoms with Crippen molar-refractivity contribution in [2.24, 2.45) is 0 Å². The summed E-state index contributed by atoms with van der Waals surface area (Å²) in [5, 5.41) is 6.30. The van der Waals surface area contributed by atoms with Gasteiger partial charge in [0, 0.05) is 16.4 Å². The van der Waals surface area contributed by atoms with Gasteiger partial charge in [-0.15, -0.1) is 11.8 Å². The number of hydrogen-bond donors (Lipinski definition) is 2. The zero-order valence-electron chi connectivity index (χ0n) is 14.5. The van der Waals surface area contributed by atoms with Crippen molar-refractivity contribution in [3.05, 3.63) is 58.1 Å². The number of anilines is 2. The molecule has 25 heavy (non-hydrogen) atoms. The highest BCUT2D eigenvalue weighted by atomic mass is 35.5. The highest BCUT2D eigenvalue weighted by Crippen LogP contribution is 2.20. The summed E-state index contributed by atoms with van der Waals surface area (Å²) in [5.74, 6) is 0.167. The van der Waals surface area contributed by atoms with Gasteiger partial charge in [-0.05, 0) is 67.8 Å². The van der Waals surface area contributed by atoms with Crippen LogP contribution in [0.3, 0.4) is 0 Å². The Morgan fingerprint density at radius 3 is 2.20 bits per heavy atom. The molecule has 0 radical (unpaired) electrons. The van der Waals surface area contributed by atoms with Gasteiger partial charge in [0.2, 0.25) is 11.8 Å². The summed E-state index contributed by atoms with van der Waals surface area (Å²) in [4.78, 5) is 23.9. The third-order valence-electron chi connectivity index (χ3n) is 3.72. The predicted octanol–water partition coefficient (Wildman–Crippen LogP) is 4.58. The quantitative estimate of drug-likeness (QED) is 0.776. The fourth-order valence-electron chi connectivity index (χ4n) is 2.21. The maximum absolute atomic E-state index is 12.0. The van der Waals surface area contributed by atoms with Crippen LogP contribution in [-0.2, 0) is 9.59 Å². The minimum Gasteiger partial charge on any atom is -0.325 e. The molecule has 2 N–H and O–H groups in total. The summed E-state index contributed by atoms with van der Waals surface area (Å²) in [5.41, 5.74) is 4.72. The zero-order valence-corrected chi connectivity index (χ0v) is 16.1. The Labute approximate surface area is 157 Å². The van der Waals surface area contributed by atoms with Crippen molar-refractivity contribution < 1.29 is 9.59 Å². The second kappa shape index (κ2) is 8.92. The van der Waals surface area contributed by atoms with E-state index in [9.17, 15) is 9.59 Å². The minimum atomic E-state index is -0.144. The first-order chi connectivity index (χ1) is 11.8. The van der Waals surface area contributed by atoms with Crippen LogP contribution in [0.5, 0.6) is 0 Å². The molecule has 2 aromatic carbocycles. The van der Waals surface area contributed by atoms with Gasteiger partial charge in [0.25, 0.3) is 0 Å². The van der Waals surface area contributed by atoms with Crippen LogP contribution < -0.4 is 10.6 Å². The topological polar surface area (TPSA) is 58.2 Å². The lowest BCUT2D eigenvalue weighted by molar-refractivity contribution is -0.114. The van der Waals surface area contributed by atoms with E-state index in [0.717, 1.165) is 22.5 Å². The van der Waals surface area contributed by atoms with Gasteiger partial charge < -0.3 is 10.6 Å². The SMILES string of the molecule is Cc1ccc(NC(=O)CSCC(=O)Nc2ccc(Cl)cc2C)cc1C. The van der Waals surface area contributed by atoms with E-state index in [0.29, 0.717) is 5.02 Å². The largest absolute Gasteiger partial charge is 0.325 e. The van der Waals surface area contributed by atoms with Gasteiger partial charge in [-0.1, -0.05) is 17.7 Å². The third kappa shape index (κ3) is 6.11. The van der Waals surface area contributed by atoms with Crippen LogP contribution in [-0.4, -0.2) is 23.3 Å². The maximum atomic E-state index is 12.0. The van der Waals surface area contributed by atoms with E-state index in [2.05, 4.69) is 10.6 Å². The number of thioether (sulfide) groups is 1. The van der Waals surface area contributed by atoms with Crippen LogP contribution >= 0.6 is 23.4 Å². The van der Waals surface area contributed by atoms with Gasteiger partial charge in [0.1, 0.15) is 0 Å². The van der Waals surface area contributed by atoms with Gasteiger partial charge in [0.05, 0.1) is 11.5 Å². The Hall–Kier alpha value is -1.98. The molecule has 0 aliphatic carbocycles. The lowest BCUT2D eigenvalue weighted by Gasteiger charge is -2.09. The van der Waals surface area contributed by atoms with E-state index in [1.54, 1.807) is 18.2 Å². The Morgan fingerprint density at radius 2 is 1.56 bits per heavy atom. The lowest BCUT2D eigenvalue weighted by Crippen LogP contribution is -2.18. The standard InChI is InChI=1S/C19H21ClN2O2S/c1-12-4-6-16(9-13(12)2)21-18(23)10-25-11-19(24)22-17-7-5-15(20)8-14(17)3/h4-9H,10-11H2,1-3H3,(H,21,23)(H,22,24). The molecule has 0 spiro atoms. The molecular weight excluding hydrogens is 356 g/mol. The van der Waals surface area contributed by atoms with E-state index >= 15 is 0 Å². The number of carbonyl (C=O) groups is 2. The van der Waals surface area contributed by atoms with Gasteiger partial charge in [-0.2, -0.15) is 0 Å². The lowest BCUT2D eigenvalue weighted by atomic mass is 10.1. The van der Waals surface area contributed by atoms with Crippen molar-refractivity contribution in [3.63, 3.8) is 0 Å². The molecule has 6 heteroatoms. The molecule has 2 amide bonds. The average molecular weight is 377 g/mol. The van der Waals surface area contributed by atoms with Crippen molar-refractivity contribution in [3.8, 4) is 0 Å². The smallest absolute Gasteiger partial charge is 0.234 e. The number of halogens is 1. The molecule has 0 atom stereocenters. The molecule has 4 nitrogen and oxygen atoms in total.